The minimum Gasteiger partial charge on any atom is -0.376 e. The number of carbonyl (C=O) groups excluding carboxylic acids is 1. The third kappa shape index (κ3) is 5.39. The molecule has 2 fully saturated rings. The highest BCUT2D eigenvalue weighted by atomic mass is 32.2. The van der Waals surface area contributed by atoms with E-state index in [4.69, 9.17) is 4.74 Å². The Morgan fingerprint density at radius 1 is 1.17 bits per heavy atom. The summed E-state index contributed by atoms with van der Waals surface area (Å²) in [4.78, 5) is 12.5. The second kappa shape index (κ2) is 10.2. The van der Waals surface area contributed by atoms with Crippen LogP contribution in [0.3, 0.4) is 0 Å². The number of thioether (sulfide) groups is 1. The summed E-state index contributed by atoms with van der Waals surface area (Å²) in [7, 11) is 0. The molecule has 10 heteroatoms. The third-order valence-corrected chi connectivity index (χ3v) is 7.61. The summed E-state index contributed by atoms with van der Waals surface area (Å²) in [6.07, 6.45) is 8.53. The monoisotopic (exact) mass is 450 g/mol. The van der Waals surface area contributed by atoms with E-state index in [1.807, 2.05) is 0 Å². The summed E-state index contributed by atoms with van der Waals surface area (Å²) in [5, 5.41) is 22.5. The van der Waals surface area contributed by atoms with Gasteiger partial charge in [-0.2, -0.15) is 0 Å². The van der Waals surface area contributed by atoms with Gasteiger partial charge in [0.1, 0.15) is 10.8 Å². The molecular weight excluding hydrogens is 420 g/mol. The molecule has 1 aliphatic carbocycles. The van der Waals surface area contributed by atoms with Gasteiger partial charge in [0.2, 0.25) is 11.0 Å². The number of hydrogen-bond acceptors (Lipinski definition) is 8. The van der Waals surface area contributed by atoms with Crippen LogP contribution in [0.5, 0.6) is 0 Å². The number of rotatable bonds is 8. The molecule has 1 unspecified atom stereocenters. The first kappa shape index (κ1) is 21.7. The van der Waals surface area contributed by atoms with Crippen LogP contribution in [-0.4, -0.2) is 49.3 Å². The normalized spacial score (nSPS) is 20.2. The maximum absolute atomic E-state index is 12.5. The highest BCUT2D eigenvalue weighted by Crippen LogP contribution is 2.35. The molecule has 1 N–H and O–H groups in total. The van der Waals surface area contributed by atoms with Crippen molar-refractivity contribution in [2.75, 3.05) is 17.7 Å². The lowest BCUT2D eigenvalue weighted by Crippen LogP contribution is -2.19. The van der Waals surface area contributed by atoms with Crippen molar-refractivity contribution in [2.45, 2.75) is 88.4 Å². The Hall–Kier alpha value is -1.52. The van der Waals surface area contributed by atoms with Crippen LogP contribution in [0.1, 0.15) is 81.5 Å². The molecule has 1 saturated carbocycles. The van der Waals surface area contributed by atoms with Crippen LogP contribution in [0.4, 0.5) is 5.13 Å². The summed E-state index contributed by atoms with van der Waals surface area (Å²) < 4.78 is 7.91. The van der Waals surface area contributed by atoms with E-state index in [1.54, 1.807) is 0 Å². The lowest BCUT2D eigenvalue weighted by atomic mass is 9.90. The molecule has 30 heavy (non-hydrogen) atoms. The molecule has 0 spiro atoms. The number of aromatic nitrogens is 5. The molecule has 0 aromatic carbocycles. The van der Waals surface area contributed by atoms with Gasteiger partial charge in [0.05, 0.1) is 18.4 Å². The fourth-order valence-electron chi connectivity index (χ4n) is 4.08. The number of ether oxygens (including phenoxy) is 1. The number of hydrogen-bond donors (Lipinski definition) is 1. The van der Waals surface area contributed by atoms with E-state index in [9.17, 15) is 4.79 Å². The van der Waals surface area contributed by atoms with E-state index < -0.39 is 0 Å². The van der Waals surface area contributed by atoms with Crippen molar-refractivity contribution in [3.63, 3.8) is 0 Å². The SMILES string of the molecule is CC(C)c1nnc(SCC(=O)Nc2nnc(C3CCCCC3)s2)n1CC1CCCO1. The minimum atomic E-state index is -0.0934. The van der Waals surface area contributed by atoms with Gasteiger partial charge in [-0.1, -0.05) is 56.2 Å². The van der Waals surface area contributed by atoms with Crippen LogP contribution in [0.25, 0.3) is 0 Å². The Balaban J connectivity index is 1.34. The number of nitrogens with one attached hydrogen (secondary N) is 1. The first-order valence-electron chi connectivity index (χ1n) is 10.9. The van der Waals surface area contributed by atoms with E-state index in [0.29, 0.717) is 11.0 Å². The fraction of sp³-hybridized carbons (Fsp3) is 0.750. The van der Waals surface area contributed by atoms with E-state index >= 15 is 0 Å². The number of amides is 1. The molecule has 0 radical (unpaired) electrons. The molecule has 1 amide bonds. The number of carbonyl (C=O) groups is 1. The second-order valence-electron chi connectivity index (χ2n) is 8.36. The van der Waals surface area contributed by atoms with E-state index in [-0.39, 0.29) is 23.7 Å². The zero-order chi connectivity index (χ0) is 20.9. The van der Waals surface area contributed by atoms with E-state index in [1.165, 1.54) is 55.2 Å². The van der Waals surface area contributed by atoms with Gasteiger partial charge in [0.25, 0.3) is 0 Å². The Morgan fingerprint density at radius 3 is 2.73 bits per heavy atom. The molecule has 1 aliphatic heterocycles. The summed E-state index contributed by atoms with van der Waals surface area (Å²) in [5.74, 6) is 1.88. The molecule has 3 heterocycles. The first-order valence-corrected chi connectivity index (χ1v) is 12.7. The van der Waals surface area contributed by atoms with Gasteiger partial charge in [-0.05, 0) is 25.7 Å². The molecule has 164 valence electrons. The van der Waals surface area contributed by atoms with Gasteiger partial charge >= 0.3 is 0 Å². The van der Waals surface area contributed by atoms with E-state index in [2.05, 4.69) is 44.1 Å². The smallest absolute Gasteiger partial charge is 0.236 e. The summed E-state index contributed by atoms with van der Waals surface area (Å²) >= 11 is 2.92. The number of nitrogens with zero attached hydrogens (tertiary/aromatic N) is 5. The highest BCUT2D eigenvalue weighted by Gasteiger charge is 2.23. The van der Waals surface area contributed by atoms with Gasteiger partial charge in [-0.25, -0.2) is 0 Å². The Kier molecular flexibility index (Phi) is 7.37. The van der Waals surface area contributed by atoms with Crippen molar-refractivity contribution in [1.82, 2.24) is 25.0 Å². The van der Waals surface area contributed by atoms with Gasteiger partial charge in [-0.15, -0.1) is 20.4 Å². The van der Waals surface area contributed by atoms with Crippen LogP contribution >= 0.6 is 23.1 Å². The lowest BCUT2D eigenvalue weighted by Gasteiger charge is -2.18. The topological polar surface area (TPSA) is 94.8 Å². The standard InChI is InChI=1S/C20H30N6O2S2/c1-13(2)17-22-25-20(26(17)11-15-9-6-10-28-15)29-12-16(27)21-19-24-23-18(30-19)14-7-4-3-5-8-14/h13-15H,3-12H2,1-2H3,(H,21,24,27). The average Bonchev–Trinajstić information content (AvgIpc) is 3.49. The summed E-state index contributed by atoms with van der Waals surface area (Å²) in [6.45, 7) is 5.78. The molecule has 2 aliphatic rings. The lowest BCUT2D eigenvalue weighted by molar-refractivity contribution is -0.113. The second-order valence-corrected chi connectivity index (χ2v) is 10.3. The van der Waals surface area contributed by atoms with Gasteiger partial charge in [0.15, 0.2) is 5.16 Å². The van der Waals surface area contributed by atoms with Crippen molar-refractivity contribution >= 4 is 34.1 Å². The largest absolute Gasteiger partial charge is 0.376 e. The zero-order valence-electron chi connectivity index (χ0n) is 17.7. The third-order valence-electron chi connectivity index (χ3n) is 5.65. The van der Waals surface area contributed by atoms with Crippen molar-refractivity contribution in [1.29, 1.82) is 0 Å². The maximum atomic E-state index is 12.5. The molecule has 4 rings (SSSR count). The fourth-order valence-corrected chi connectivity index (χ4v) is 5.77. The molecule has 0 bridgehead atoms. The van der Waals surface area contributed by atoms with Crippen molar-refractivity contribution in [3.8, 4) is 0 Å². The predicted octanol–water partition coefficient (Wildman–Crippen LogP) is 4.21. The van der Waals surface area contributed by atoms with Crippen LogP contribution in [-0.2, 0) is 16.1 Å². The quantitative estimate of drug-likeness (QED) is 0.602. The van der Waals surface area contributed by atoms with Gasteiger partial charge in [-0.3, -0.25) is 10.1 Å². The minimum absolute atomic E-state index is 0.0934. The first-order chi connectivity index (χ1) is 14.6. The van der Waals surface area contributed by atoms with E-state index in [0.717, 1.165) is 42.0 Å². The van der Waals surface area contributed by atoms with Crippen LogP contribution in [0.15, 0.2) is 5.16 Å². The molecule has 1 atom stereocenters. The predicted molar refractivity (Wildman–Crippen MR) is 118 cm³/mol. The van der Waals surface area contributed by atoms with Gasteiger partial charge < -0.3 is 9.30 Å². The van der Waals surface area contributed by atoms with Crippen LogP contribution in [0.2, 0.25) is 0 Å². The van der Waals surface area contributed by atoms with Crippen molar-refractivity contribution < 1.29 is 9.53 Å². The van der Waals surface area contributed by atoms with Crippen molar-refractivity contribution in [3.05, 3.63) is 10.8 Å². The maximum Gasteiger partial charge on any atom is 0.236 e. The summed E-state index contributed by atoms with van der Waals surface area (Å²) in [5.41, 5.74) is 0. The van der Waals surface area contributed by atoms with Crippen LogP contribution in [0, 0.1) is 0 Å². The van der Waals surface area contributed by atoms with Crippen molar-refractivity contribution in [2.24, 2.45) is 0 Å². The molecule has 2 aromatic heterocycles. The zero-order valence-corrected chi connectivity index (χ0v) is 19.3. The molecule has 2 aromatic rings. The molecular formula is C20H30N6O2S2. The Bertz CT molecular complexity index is 840. The molecule has 8 nitrogen and oxygen atoms in total. The number of anilines is 1. The Labute approximate surface area is 185 Å². The average molecular weight is 451 g/mol. The molecule has 1 saturated heterocycles. The van der Waals surface area contributed by atoms with Gasteiger partial charge in [0, 0.05) is 18.4 Å². The highest BCUT2D eigenvalue weighted by molar-refractivity contribution is 7.99. The van der Waals surface area contributed by atoms with Crippen LogP contribution < -0.4 is 5.32 Å². The Morgan fingerprint density at radius 2 is 2.00 bits per heavy atom. The summed E-state index contributed by atoms with van der Waals surface area (Å²) in [6, 6.07) is 0.